The normalized spacial score (nSPS) is 14.3. The zero-order chi connectivity index (χ0) is 23.2. The summed E-state index contributed by atoms with van der Waals surface area (Å²) in [6, 6.07) is 11.5. The Morgan fingerprint density at radius 2 is 1.78 bits per heavy atom. The van der Waals surface area contributed by atoms with Gasteiger partial charge in [-0.05, 0) is 67.4 Å². The Balaban J connectivity index is 1.85. The summed E-state index contributed by atoms with van der Waals surface area (Å²) < 4.78 is 1.23. The predicted molar refractivity (Wildman–Crippen MR) is 121 cm³/mol. The Hall–Kier alpha value is -4.27. The van der Waals surface area contributed by atoms with Crippen LogP contribution in [0.1, 0.15) is 22.8 Å². The Labute approximate surface area is 182 Å². The van der Waals surface area contributed by atoms with Crippen LogP contribution in [0.2, 0.25) is 0 Å². The second kappa shape index (κ2) is 7.77. The quantitative estimate of drug-likeness (QED) is 0.646. The molecular weight excluding hydrogens is 410 g/mol. The number of aromatic nitrogens is 2. The molecule has 0 atom stereocenters. The number of carbonyl (C=O) groups is 2. The fourth-order valence-electron chi connectivity index (χ4n) is 3.51. The molecule has 0 saturated heterocycles. The zero-order valence-electron chi connectivity index (χ0n) is 18.0. The molecule has 2 heterocycles. The van der Waals surface area contributed by atoms with Crippen LogP contribution in [0.4, 0.5) is 11.4 Å². The van der Waals surface area contributed by atoms with Gasteiger partial charge in [0.05, 0.1) is 22.2 Å². The number of hydrogen-bond acceptors (Lipinski definition) is 5. The van der Waals surface area contributed by atoms with Crippen molar-refractivity contribution in [2.45, 2.75) is 13.8 Å². The van der Waals surface area contributed by atoms with E-state index in [2.05, 4.69) is 15.1 Å². The molecule has 0 saturated carbocycles. The van der Waals surface area contributed by atoms with Gasteiger partial charge in [-0.2, -0.15) is 4.99 Å². The highest BCUT2D eigenvalue weighted by molar-refractivity contribution is 6.54. The maximum Gasteiger partial charge on any atom is 0.335 e. The third kappa shape index (κ3) is 3.53. The van der Waals surface area contributed by atoms with Crippen LogP contribution in [0.25, 0.3) is 11.3 Å². The summed E-state index contributed by atoms with van der Waals surface area (Å²) in [5.74, 6) is -1.60. The molecule has 1 aromatic heterocycles. The summed E-state index contributed by atoms with van der Waals surface area (Å²) in [4.78, 5) is 47.4. The number of benzene rings is 2. The molecule has 1 amide bonds. The van der Waals surface area contributed by atoms with E-state index in [4.69, 9.17) is 5.11 Å². The molecule has 32 heavy (non-hydrogen) atoms. The molecule has 0 fully saturated rings. The lowest BCUT2D eigenvalue weighted by Crippen LogP contribution is -2.43. The molecule has 162 valence electrons. The third-order valence-electron chi connectivity index (χ3n) is 5.32. The van der Waals surface area contributed by atoms with Gasteiger partial charge in [-0.25, -0.2) is 14.5 Å². The van der Waals surface area contributed by atoms with Crippen molar-refractivity contribution in [2.24, 2.45) is 9.98 Å². The SMILES string of the molecule is CC1=c2c([nH]n(-c3ccc(C(=O)O)cc3)c2=O)=NC(=O)C1=Nc1ccc(N(C)C)cc1C. The molecule has 4 rings (SSSR count). The Morgan fingerprint density at radius 3 is 2.38 bits per heavy atom. The van der Waals surface area contributed by atoms with Crippen molar-refractivity contribution >= 4 is 34.5 Å². The number of carboxylic acids is 1. The summed E-state index contributed by atoms with van der Waals surface area (Å²) in [7, 11) is 3.88. The van der Waals surface area contributed by atoms with Gasteiger partial charge in [0, 0.05) is 19.8 Å². The number of H-pyrrole nitrogens is 1. The lowest BCUT2D eigenvalue weighted by Gasteiger charge is -2.14. The second-order valence-corrected chi connectivity index (χ2v) is 7.70. The van der Waals surface area contributed by atoms with Crippen LogP contribution >= 0.6 is 0 Å². The van der Waals surface area contributed by atoms with Gasteiger partial charge >= 0.3 is 5.97 Å². The van der Waals surface area contributed by atoms with Crippen LogP contribution in [-0.4, -0.2) is 46.6 Å². The summed E-state index contributed by atoms with van der Waals surface area (Å²) in [5, 5.41) is 12.2. The molecular formula is C23H21N5O4. The van der Waals surface area contributed by atoms with E-state index in [9.17, 15) is 14.4 Å². The highest BCUT2D eigenvalue weighted by Crippen LogP contribution is 2.25. The van der Waals surface area contributed by atoms with Gasteiger partial charge in [0.25, 0.3) is 11.5 Å². The molecule has 1 aliphatic rings. The monoisotopic (exact) mass is 431 g/mol. The van der Waals surface area contributed by atoms with Crippen molar-refractivity contribution in [1.82, 2.24) is 9.78 Å². The first-order chi connectivity index (χ1) is 15.2. The molecule has 9 heteroatoms. The van der Waals surface area contributed by atoms with Crippen LogP contribution in [-0.2, 0) is 4.79 Å². The topological polar surface area (TPSA) is 120 Å². The van der Waals surface area contributed by atoms with Crippen molar-refractivity contribution in [1.29, 1.82) is 0 Å². The average Bonchev–Trinajstić information content (AvgIpc) is 3.08. The summed E-state index contributed by atoms with van der Waals surface area (Å²) >= 11 is 0. The maximum absolute atomic E-state index is 13.1. The Kier molecular flexibility index (Phi) is 5.09. The van der Waals surface area contributed by atoms with E-state index >= 15 is 0 Å². The summed E-state index contributed by atoms with van der Waals surface area (Å²) in [6.45, 7) is 3.57. The number of fused-ring (bicyclic) bond motifs is 1. The standard InChI is InChI=1S/C23H21N5O4/c1-12-11-16(27(3)4)9-10-17(12)24-19-13(2)18-20(25-21(19)29)26-28(22(18)30)15-7-5-14(6-8-15)23(31)32/h5-11H,1-4H3,(H,31,32)(H,25,26,29). The van der Waals surface area contributed by atoms with E-state index < -0.39 is 17.4 Å². The molecule has 0 unspecified atom stereocenters. The maximum atomic E-state index is 13.1. The van der Waals surface area contributed by atoms with E-state index in [0.29, 0.717) is 16.9 Å². The molecule has 0 spiro atoms. The fraction of sp³-hybridized carbons (Fsp3) is 0.174. The largest absolute Gasteiger partial charge is 0.478 e. The lowest BCUT2D eigenvalue weighted by atomic mass is 10.1. The van der Waals surface area contributed by atoms with Gasteiger partial charge in [-0.1, -0.05) is 0 Å². The van der Waals surface area contributed by atoms with Crippen LogP contribution in [0.15, 0.2) is 57.2 Å². The number of amides is 1. The number of nitrogens with zero attached hydrogens (tertiary/aromatic N) is 4. The number of aromatic amines is 1. The van der Waals surface area contributed by atoms with Crippen molar-refractivity contribution in [2.75, 3.05) is 19.0 Å². The highest BCUT2D eigenvalue weighted by atomic mass is 16.4. The molecule has 3 aromatic rings. The fourth-order valence-corrected chi connectivity index (χ4v) is 3.51. The second-order valence-electron chi connectivity index (χ2n) is 7.70. The van der Waals surface area contributed by atoms with Gasteiger partial charge in [-0.3, -0.25) is 14.7 Å². The molecule has 2 aromatic carbocycles. The van der Waals surface area contributed by atoms with Crippen LogP contribution in [0.3, 0.4) is 0 Å². The third-order valence-corrected chi connectivity index (χ3v) is 5.32. The predicted octanol–water partition coefficient (Wildman–Crippen LogP) is 1.34. The molecule has 0 radical (unpaired) electrons. The highest BCUT2D eigenvalue weighted by Gasteiger charge is 2.23. The van der Waals surface area contributed by atoms with Crippen LogP contribution in [0, 0.1) is 6.92 Å². The molecule has 9 nitrogen and oxygen atoms in total. The van der Waals surface area contributed by atoms with Crippen molar-refractivity contribution in [3.05, 3.63) is 74.7 Å². The van der Waals surface area contributed by atoms with E-state index in [-0.39, 0.29) is 22.0 Å². The zero-order valence-corrected chi connectivity index (χ0v) is 18.0. The van der Waals surface area contributed by atoms with E-state index in [0.717, 1.165) is 11.3 Å². The molecule has 2 N–H and O–H groups in total. The van der Waals surface area contributed by atoms with Crippen molar-refractivity contribution in [3.8, 4) is 5.69 Å². The number of carbonyl (C=O) groups excluding carboxylic acids is 1. The molecule has 0 bridgehead atoms. The minimum atomic E-state index is -1.06. The van der Waals surface area contributed by atoms with Gasteiger partial charge in [0.2, 0.25) is 0 Å². The first kappa shape index (κ1) is 21.0. The average molecular weight is 431 g/mol. The minimum Gasteiger partial charge on any atom is -0.478 e. The smallest absolute Gasteiger partial charge is 0.335 e. The summed E-state index contributed by atoms with van der Waals surface area (Å²) in [6.07, 6.45) is 0. The summed E-state index contributed by atoms with van der Waals surface area (Å²) in [5.41, 5.74) is 3.35. The molecule has 1 aliphatic heterocycles. The Bertz CT molecular complexity index is 1470. The number of hydrogen-bond donors (Lipinski definition) is 2. The van der Waals surface area contributed by atoms with E-state index in [1.54, 1.807) is 6.92 Å². The van der Waals surface area contributed by atoms with Crippen LogP contribution < -0.4 is 21.2 Å². The van der Waals surface area contributed by atoms with Gasteiger partial charge in [-0.15, -0.1) is 0 Å². The molecule has 0 aliphatic carbocycles. The van der Waals surface area contributed by atoms with Gasteiger partial charge in [0.15, 0.2) is 5.49 Å². The van der Waals surface area contributed by atoms with Gasteiger partial charge < -0.3 is 10.0 Å². The van der Waals surface area contributed by atoms with E-state index in [1.165, 1.54) is 28.9 Å². The lowest BCUT2D eigenvalue weighted by molar-refractivity contribution is -0.112. The number of aliphatic imine (C=N–C) groups is 1. The van der Waals surface area contributed by atoms with Gasteiger partial charge in [0.1, 0.15) is 5.71 Å². The van der Waals surface area contributed by atoms with Crippen molar-refractivity contribution < 1.29 is 14.7 Å². The minimum absolute atomic E-state index is 0.103. The number of rotatable bonds is 4. The van der Waals surface area contributed by atoms with Crippen LogP contribution in [0.5, 0.6) is 0 Å². The number of anilines is 1. The number of nitrogens with one attached hydrogen (secondary N) is 1. The number of carboxylic acid groups (broad SMARTS) is 1. The van der Waals surface area contributed by atoms with Crippen molar-refractivity contribution in [3.63, 3.8) is 0 Å². The Morgan fingerprint density at radius 1 is 1.09 bits per heavy atom. The first-order valence-electron chi connectivity index (χ1n) is 9.83. The first-order valence-corrected chi connectivity index (χ1v) is 9.83. The van der Waals surface area contributed by atoms with E-state index in [1.807, 2.05) is 44.1 Å². The number of aromatic carboxylic acids is 1. The number of aryl methyl sites for hydroxylation is 1.